The molecule has 0 saturated heterocycles. The molecule has 0 saturated carbocycles. The van der Waals surface area contributed by atoms with Crippen molar-refractivity contribution in [3.63, 3.8) is 0 Å². The fraction of sp³-hybridized carbons (Fsp3) is 0.364. The maximum absolute atomic E-state index is 13.3. The van der Waals surface area contributed by atoms with Gasteiger partial charge in [0.2, 0.25) is 10.0 Å². The van der Waals surface area contributed by atoms with Gasteiger partial charge in [-0.15, -0.1) is 17.9 Å². The molecule has 31 heavy (non-hydrogen) atoms. The summed E-state index contributed by atoms with van der Waals surface area (Å²) in [5.74, 6) is 0.511. The maximum atomic E-state index is 13.3. The van der Waals surface area contributed by atoms with Crippen LogP contribution in [0.1, 0.15) is 28.8 Å². The lowest BCUT2D eigenvalue weighted by Gasteiger charge is -2.13. The second kappa shape index (κ2) is 8.90. The molecule has 9 heteroatoms. The van der Waals surface area contributed by atoms with Crippen LogP contribution in [0.5, 0.6) is 0 Å². The number of rotatable bonds is 7. The Labute approximate surface area is 190 Å². The van der Waals surface area contributed by atoms with E-state index in [0.717, 1.165) is 41.5 Å². The molecule has 6 nitrogen and oxygen atoms in total. The number of nitrogens with zero attached hydrogens (tertiary/aromatic N) is 3. The van der Waals surface area contributed by atoms with Crippen LogP contribution in [-0.4, -0.2) is 36.4 Å². The minimum atomic E-state index is -3.49. The monoisotopic (exact) mass is 475 g/mol. The highest BCUT2D eigenvalue weighted by atomic mass is 32.2. The summed E-state index contributed by atoms with van der Waals surface area (Å²) in [6, 6.07) is 6.91. The van der Waals surface area contributed by atoms with E-state index in [-0.39, 0.29) is 10.5 Å². The van der Waals surface area contributed by atoms with Gasteiger partial charge in [0.15, 0.2) is 5.16 Å². The van der Waals surface area contributed by atoms with Gasteiger partial charge in [0.25, 0.3) is 5.56 Å². The van der Waals surface area contributed by atoms with Gasteiger partial charge in [-0.3, -0.25) is 9.36 Å². The second-order valence-corrected chi connectivity index (χ2v) is 11.9. The zero-order chi connectivity index (χ0) is 22.2. The molecule has 0 radical (unpaired) electrons. The van der Waals surface area contributed by atoms with Crippen LogP contribution >= 0.6 is 23.1 Å². The van der Waals surface area contributed by atoms with Gasteiger partial charge in [-0.2, -0.15) is 0 Å². The third kappa shape index (κ3) is 4.24. The van der Waals surface area contributed by atoms with Crippen molar-refractivity contribution >= 4 is 43.3 Å². The van der Waals surface area contributed by atoms with Gasteiger partial charge in [0, 0.05) is 31.3 Å². The van der Waals surface area contributed by atoms with Crippen LogP contribution in [0.2, 0.25) is 0 Å². The Morgan fingerprint density at radius 3 is 2.81 bits per heavy atom. The number of hydrogen-bond donors (Lipinski definition) is 0. The molecule has 0 bridgehead atoms. The number of fused-ring (bicyclic) bond motifs is 3. The van der Waals surface area contributed by atoms with Crippen LogP contribution < -0.4 is 5.56 Å². The summed E-state index contributed by atoms with van der Waals surface area (Å²) in [6.45, 7) is 4.19. The van der Waals surface area contributed by atoms with Crippen LogP contribution in [0.3, 0.4) is 0 Å². The van der Waals surface area contributed by atoms with E-state index in [0.29, 0.717) is 17.5 Å². The van der Waals surface area contributed by atoms with Gasteiger partial charge < -0.3 is 0 Å². The van der Waals surface area contributed by atoms with E-state index in [2.05, 4.69) is 6.58 Å². The van der Waals surface area contributed by atoms with Crippen molar-refractivity contribution in [1.82, 2.24) is 13.9 Å². The molecule has 0 aliphatic heterocycles. The quantitative estimate of drug-likeness (QED) is 0.293. The van der Waals surface area contributed by atoms with Crippen LogP contribution in [0.15, 0.2) is 51.8 Å². The van der Waals surface area contributed by atoms with Crippen molar-refractivity contribution in [3.05, 3.63) is 63.3 Å². The first-order chi connectivity index (χ1) is 14.8. The van der Waals surface area contributed by atoms with Crippen molar-refractivity contribution in [2.45, 2.75) is 48.0 Å². The maximum Gasteiger partial charge on any atom is 0.263 e. The Balaban J connectivity index is 1.70. The van der Waals surface area contributed by atoms with Gasteiger partial charge in [0.05, 0.1) is 10.3 Å². The van der Waals surface area contributed by atoms with Crippen LogP contribution in [0.4, 0.5) is 0 Å². The summed E-state index contributed by atoms with van der Waals surface area (Å²) < 4.78 is 27.8. The summed E-state index contributed by atoms with van der Waals surface area (Å²) in [6.07, 6.45) is 5.95. The second-order valence-electron chi connectivity index (χ2n) is 7.71. The van der Waals surface area contributed by atoms with Crippen molar-refractivity contribution < 1.29 is 8.42 Å². The Bertz CT molecular complexity index is 1310. The Morgan fingerprint density at radius 2 is 2.06 bits per heavy atom. The number of thioether (sulfide) groups is 1. The Kier molecular flexibility index (Phi) is 6.39. The van der Waals surface area contributed by atoms with Gasteiger partial charge in [-0.1, -0.05) is 30.0 Å². The van der Waals surface area contributed by atoms with E-state index < -0.39 is 10.0 Å². The molecule has 2 aromatic heterocycles. The normalized spacial score (nSPS) is 14.2. The first-order valence-corrected chi connectivity index (χ1v) is 13.4. The number of aryl methyl sites for hydroxylation is 2. The van der Waals surface area contributed by atoms with E-state index in [4.69, 9.17) is 4.98 Å². The third-order valence-electron chi connectivity index (χ3n) is 5.40. The highest BCUT2D eigenvalue weighted by molar-refractivity contribution is 7.98. The first-order valence-electron chi connectivity index (χ1n) is 10.1. The fourth-order valence-electron chi connectivity index (χ4n) is 3.77. The topological polar surface area (TPSA) is 72.3 Å². The first kappa shape index (κ1) is 22.3. The molecule has 0 spiro atoms. The SMILES string of the molecule is C=CCn1c(SCc2cccc(S(=O)(=O)N(C)C)c2)nc2sc3c(c2c1=O)CCCC3. The molecule has 2 heterocycles. The highest BCUT2D eigenvalue weighted by Gasteiger charge is 2.22. The Morgan fingerprint density at radius 1 is 1.29 bits per heavy atom. The summed E-state index contributed by atoms with van der Waals surface area (Å²) >= 11 is 3.08. The minimum Gasteiger partial charge on any atom is -0.283 e. The summed E-state index contributed by atoms with van der Waals surface area (Å²) in [5.41, 5.74) is 2.04. The molecule has 1 aliphatic rings. The van der Waals surface area contributed by atoms with E-state index in [1.165, 1.54) is 40.6 Å². The number of thiophene rings is 1. The molecular formula is C22H25N3O3S3. The molecule has 0 unspecified atom stereocenters. The van der Waals surface area contributed by atoms with Crippen LogP contribution in [0, 0.1) is 0 Å². The molecule has 1 aliphatic carbocycles. The van der Waals surface area contributed by atoms with Crippen molar-refractivity contribution in [1.29, 1.82) is 0 Å². The fourth-order valence-corrected chi connectivity index (χ4v) is 7.00. The molecule has 0 atom stereocenters. The summed E-state index contributed by atoms with van der Waals surface area (Å²) in [5, 5.41) is 1.40. The number of allylic oxidation sites excluding steroid dienone is 1. The lowest BCUT2D eigenvalue weighted by Crippen LogP contribution is -2.23. The molecule has 164 valence electrons. The van der Waals surface area contributed by atoms with Gasteiger partial charge in [-0.05, 0) is 48.9 Å². The van der Waals surface area contributed by atoms with Crippen molar-refractivity contribution in [2.24, 2.45) is 0 Å². The van der Waals surface area contributed by atoms with E-state index in [9.17, 15) is 13.2 Å². The standard InChI is InChI=1S/C22H25N3O3S3/c1-4-12-25-21(26)19-17-10-5-6-11-18(17)30-20(19)23-22(25)29-14-15-8-7-9-16(13-15)31(27,28)24(2)3/h4,7-9,13H,1,5-6,10-12,14H2,2-3H3. The van der Waals surface area contributed by atoms with Crippen molar-refractivity contribution in [2.75, 3.05) is 14.1 Å². The predicted molar refractivity (Wildman–Crippen MR) is 128 cm³/mol. The molecule has 0 N–H and O–H groups in total. The smallest absolute Gasteiger partial charge is 0.263 e. The van der Waals surface area contributed by atoms with Gasteiger partial charge >= 0.3 is 0 Å². The lowest BCUT2D eigenvalue weighted by atomic mass is 9.97. The van der Waals surface area contributed by atoms with Gasteiger partial charge in [-0.25, -0.2) is 17.7 Å². The molecule has 4 rings (SSSR count). The largest absolute Gasteiger partial charge is 0.283 e. The number of sulfonamides is 1. The number of benzene rings is 1. The molecule has 1 aromatic carbocycles. The zero-order valence-electron chi connectivity index (χ0n) is 17.6. The number of aromatic nitrogens is 2. The molecule has 0 fully saturated rings. The third-order valence-corrected chi connectivity index (χ3v) is 9.44. The highest BCUT2D eigenvalue weighted by Crippen LogP contribution is 2.35. The lowest BCUT2D eigenvalue weighted by molar-refractivity contribution is 0.520. The van der Waals surface area contributed by atoms with E-state index in [1.54, 1.807) is 40.2 Å². The van der Waals surface area contributed by atoms with Crippen molar-refractivity contribution in [3.8, 4) is 0 Å². The molecular weight excluding hydrogens is 450 g/mol. The minimum absolute atomic E-state index is 0.00395. The summed E-state index contributed by atoms with van der Waals surface area (Å²) in [7, 11) is -0.458. The van der Waals surface area contributed by atoms with E-state index >= 15 is 0 Å². The van der Waals surface area contributed by atoms with Crippen LogP contribution in [0.25, 0.3) is 10.2 Å². The van der Waals surface area contributed by atoms with E-state index in [1.807, 2.05) is 6.07 Å². The van der Waals surface area contributed by atoms with Gasteiger partial charge in [0.1, 0.15) is 4.83 Å². The molecule has 3 aromatic rings. The molecule has 0 amide bonds. The average molecular weight is 476 g/mol. The van der Waals surface area contributed by atoms with Crippen LogP contribution in [-0.2, 0) is 35.2 Å². The average Bonchev–Trinajstić information content (AvgIpc) is 3.13. The predicted octanol–water partition coefficient (Wildman–Crippen LogP) is 4.07. The summed E-state index contributed by atoms with van der Waals surface area (Å²) in [4.78, 5) is 20.5. The zero-order valence-corrected chi connectivity index (χ0v) is 20.1. The Hall–Kier alpha value is -1.94. The number of hydrogen-bond acceptors (Lipinski definition) is 6.